The highest BCUT2D eigenvalue weighted by Crippen LogP contribution is 2.22. The van der Waals surface area contributed by atoms with Crippen molar-refractivity contribution in [3.63, 3.8) is 0 Å². The van der Waals surface area contributed by atoms with Gasteiger partial charge in [0.2, 0.25) is 5.91 Å². The number of fused-ring (bicyclic) bond motifs is 1. The molecular weight excluding hydrogens is 262 g/mol. The summed E-state index contributed by atoms with van der Waals surface area (Å²) >= 11 is 0. The van der Waals surface area contributed by atoms with Crippen molar-refractivity contribution in [2.45, 2.75) is 32.2 Å². The molecule has 0 aliphatic carbocycles. The van der Waals surface area contributed by atoms with E-state index < -0.39 is 0 Å². The molecule has 1 aromatic heterocycles. The lowest BCUT2D eigenvalue weighted by atomic mass is 10.1. The average molecular weight is 285 g/mol. The van der Waals surface area contributed by atoms with Gasteiger partial charge in [0.05, 0.1) is 0 Å². The van der Waals surface area contributed by atoms with Crippen LogP contribution in [0.5, 0.6) is 0 Å². The number of hydrogen-bond donors (Lipinski definition) is 1. The van der Waals surface area contributed by atoms with Gasteiger partial charge in [-0.3, -0.25) is 4.79 Å². The summed E-state index contributed by atoms with van der Waals surface area (Å²) in [5, 5.41) is 1.22. The van der Waals surface area contributed by atoms with Crippen LogP contribution in [0.1, 0.15) is 24.8 Å². The highest BCUT2D eigenvalue weighted by Gasteiger charge is 2.18. The molecule has 0 spiro atoms. The predicted octanol–water partition coefficient (Wildman–Crippen LogP) is 2.15. The van der Waals surface area contributed by atoms with E-state index in [-0.39, 0.29) is 5.91 Å². The van der Waals surface area contributed by atoms with E-state index in [9.17, 15) is 4.79 Å². The van der Waals surface area contributed by atoms with Crippen LogP contribution < -0.4 is 5.73 Å². The summed E-state index contributed by atoms with van der Waals surface area (Å²) < 4.78 is 2.08. The van der Waals surface area contributed by atoms with Gasteiger partial charge in [-0.2, -0.15) is 0 Å². The van der Waals surface area contributed by atoms with Gasteiger partial charge in [0.15, 0.2) is 0 Å². The maximum atomic E-state index is 12.5. The molecular formula is C17H23N3O. The topological polar surface area (TPSA) is 51.3 Å². The third-order valence-electron chi connectivity index (χ3n) is 4.30. The van der Waals surface area contributed by atoms with E-state index in [0.717, 1.165) is 37.9 Å². The first kappa shape index (κ1) is 14.1. The Morgan fingerprint density at radius 1 is 1.14 bits per heavy atom. The van der Waals surface area contributed by atoms with Gasteiger partial charge in [-0.25, -0.2) is 0 Å². The van der Waals surface area contributed by atoms with Gasteiger partial charge in [-0.05, 0) is 43.9 Å². The van der Waals surface area contributed by atoms with Crippen molar-refractivity contribution < 1.29 is 4.79 Å². The number of para-hydroxylation sites is 1. The minimum absolute atomic E-state index is 0.231. The number of carbonyl (C=O) groups is 1. The van der Waals surface area contributed by atoms with Gasteiger partial charge >= 0.3 is 0 Å². The molecule has 1 fully saturated rings. The minimum atomic E-state index is 0.231. The number of amides is 1. The van der Waals surface area contributed by atoms with E-state index in [1.165, 1.54) is 17.4 Å². The van der Waals surface area contributed by atoms with Crippen LogP contribution in [0.25, 0.3) is 10.9 Å². The molecule has 1 aliphatic heterocycles. The number of piperidine rings is 1. The second-order valence-electron chi connectivity index (χ2n) is 5.78. The molecule has 2 N–H and O–H groups in total. The number of rotatable bonds is 4. The summed E-state index contributed by atoms with van der Waals surface area (Å²) in [6, 6.07) is 8.26. The SMILES string of the molecule is NCCc1cn(CC(=O)N2CCCCC2)c2ccccc12. The summed E-state index contributed by atoms with van der Waals surface area (Å²) in [5.41, 5.74) is 8.06. The fourth-order valence-electron chi connectivity index (χ4n) is 3.20. The lowest BCUT2D eigenvalue weighted by Crippen LogP contribution is -2.37. The Bertz CT molecular complexity index is 626. The Labute approximate surface area is 125 Å². The summed E-state index contributed by atoms with van der Waals surface area (Å²) in [5.74, 6) is 0.231. The number of nitrogens with zero attached hydrogens (tertiary/aromatic N) is 2. The smallest absolute Gasteiger partial charge is 0.242 e. The summed E-state index contributed by atoms with van der Waals surface area (Å²) in [4.78, 5) is 14.5. The maximum absolute atomic E-state index is 12.5. The first-order valence-electron chi connectivity index (χ1n) is 7.84. The Morgan fingerprint density at radius 2 is 1.90 bits per heavy atom. The van der Waals surface area contributed by atoms with Crippen LogP contribution >= 0.6 is 0 Å². The van der Waals surface area contributed by atoms with Crippen LogP contribution in [-0.4, -0.2) is 35.0 Å². The van der Waals surface area contributed by atoms with Crippen molar-refractivity contribution in [3.8, 4) is 0 Å². The van der Waals surface area contributed by atoms with Gasteiger partial charge in [0, 0.05) is 30.2 Å². The molecule has 112 valence electrons. The molecule has 4 nitrogen and oxygen atoms in total. The van der Waals surface area contributed by atoms with Crippen LogP contribution in [0.2, 0.25) is 0 Å². The zero-order valence-corrected chi connectivity index (χ0v) is 12.4. The van der Waals surface area contributed by atoms with E-state index in [4.69, 9.17) is 5.73 Å². The molecule has 1 aliphatic rings. The second-order valence-corrected chi connectivity index (χ2v) is 5.78. The largest absolute Gasteiger partial charge is 0.341 e. The van der Waals surface area contributed by atoms with Crippen molar-refractivity contribution in [2.75, 3.05) is 19.6 Å². The van der Waals surface area contributed by atoms with Gasteiger partial charge in [-0.1, -0.05) is 18.2 Å². The van der Waals surface area contributed by atoms with Crippen molar-refractivity contribution in [2.24, 2.45) is 5.73 Å². The van der Waals surface area contributed by atoms with Crippen molar-refractivity contribution in [1.29, 1.82) is 0 Å². The zero-order chi connectivity index (χ0) is 14.7. The van der Waals surface area contributed by atoms with Gasteiger partial charge < -0.3 is 15.2 Å². The van der Waals surface area contributed by atoms with Gasteiger partial charge in [0.1, 0.15) is 6.54 Å². The van der Waals surface area contributed by atoms with Crippen LogP contribution in [0.3, 0.4) is 0 Å². The Hall–Kier alpha value is -1.81. The molecule has 0 saturated carbocycles. The average Bonchev–Trinajstić information content (AvgIpc) is 2.87. The third kappa shape index (κ3) is 2.95. The van der Waals surface area contributed by atoms with Crippen LogP contribution in [0.15, 0.2) is 30.5 Å². The molecule has 3 rings (SSSR count). The molecule has 1 aromatic carbocycles. The predicted molar refractivity (Wildman–Crippen MR) is 85.1 cm³/mol. The van der Waals surface area contributed by atoms with E-state index in [1.807, 2.05) is 17.0 Å². The molecule has 2 aromatic rings. The number of hydrogen-bond acceptors (Lipinski definition) is 2. The molecule has 21 heavy (non-hydrogen) atoms. The molecule has 0 unspecified atom stereocenters. The van der Waals surface area contributed by atoms with Crippen LogP contribution in [0, 0.1) is 0 Å². The number of nitrogens with two attached hydrogens (primary N) is 1. The molecule has 0 radical (unpaired) electrons. The monoisotopic (exact) mass is 285 g/mol. The van der Waals surface area contributed by atoms with E-state index >= 15 is 0 Å². The van der Waals surface area contributed by atoms with E-state index in [0.29, 0.717) is 13.1 Å². The summed E-state index contributed by atoms with van der Waals surface area (Å²) in [6.07, 6.45) is 6.47. The van der Waals surface area contributed by atoms with E-state index in [2.05, 4.69) is 22.9 Å². The number of aromatic nitrogens is 1. The van der Waals surface area contributed by atoms with Crippen LogP contribution in [0.4, 0.5) is 0 Å². The molecule has 4 heteroatoms. The number of benzene rings is 1. The Balaban J connectivity index is 1.84. The second kappa shape index (κ2) is 6.31. The fraction of sp³-hybridized carbons (Fsp3) is 0.471. The molecule has 0 atom stereocenters. The first-order valence-corrected chi connectivity index (χ1v) is 7.84. The summed E-state index contributed by atoms with van der Waals surface area (Å²) in [7, 11) is 0. The van der Waals surface area contributed by atoms with Crippen molar-refractivity contribution >= 4 is 16.8 Å². The standard InChI is InChI=1S/C17H23N3O/c18-9-8-14-12-20(16-7-3-2-6-15(14)16)13-17(21)19-10-4-1-5-11-19/h2-3,6-7,12H,1,4-5,8-11,13,18H2. The molecule has 1 saturated heterocycles. The normalized spacial score (nSPS) is 15.6. The molecule has 1 amide bonds. The quantitative estimate of drug-likeness (QED) is 0.936. The highest BCUT2D eigenvalue weighted by molar-refractivity contribution is 5.86. The lowest BCUT2D eigenvalue weighted by Gasteiger charge is -2.27. The fourth-order valence-corrected chi connectivity index (χ4v) is 3.20. The van der Waals surface area contributed by atoms with Crippen molar-refractivity contribution in [3.05, 3.63) is 36.0 Å². The highest BCUT2D eigenvalue weighted by atomic mass is 16.2. The zero-order valence-electron chi connectivity index (χ0n) is 12.4. The van der Waals surface area contributed by atoms with Crippen LogP contribution in [-0.2, 0) is 17.8 Å². The first-order chi connectivity index (χ1) is 10.3. The van der Waals surface area contributed by atoms with Gasteiger partial charge in [-0.15, -0.1) is 0 Å². The number of carbonyl (C=O) groups excluding carboxylic acids is 1. The Kier molecular flexibility index (Phi) is 4.25. The van der Waals surface area contributed by atoms with Gasteiger partial charge in [0.25, 0.3) is 0 Å². The third-order valence-corrected chi connectivity index (χ3v) is 4.30. The molecule has 2 heterocycles. The molecule has 0 bridgehead atoms. The number of likely N-dealkylation sites (tertiary alicyclic amines) is 1. The Morgan fingerprint density at radius 3 is 2.67 bits per heavy atom. The lowest BCUT2D eigenvalue weighted by molar-refractivity contribution is -0.132. The van der Waals surface area contributed by atoms with E-state index in [1.54, 1.807) is 0 Å². The maximum Gasteiger partial charge on any atom is 0.242 e. The van der Waals surface area contributed by atoms with Crippen molar-refractivity contribution in [1.82, 2.24) is 9.47 Å². The minimum Gasteiger partial charge on any atom is -0.341 e. The summed E-state index contributed by atoms with van der Waals surface area (Å²) in [6.45, 7) is 2.89.